The van der Waals surface area contributed by atoms with Crippen LogP contribution in [0.25, 0.3) is 0 Å². The molecule has 1 aliphatic rings. The van der Waals surface area contributed by atoms with Crippen LogP contribution in [0.4, 0.5) is 8.78 Å². The molecule has 5 heteroatoms. The van der Waals surface area contributed by atoms with Crippen LogP contribution in [0.15, 0.2) is 36.4 Å². The standard InChI is InChI=1S/C18H21F2N3/c1-13-4-2-5-17(22-13)18(23-10-3-8-21-9-11-23)15-7-6-14(19)12-16(15)20/h2,4-7,12,18,21H,3,8-11H2,1H3. The van der Waals surface area contributed by atoms with E-state index >= 15 is 0 Å². The Bertz CT molecular complexity index is 667. The van der Waals surface area contributed by atoms with Crippen LogP contribution >= 0.6 is 0 Å². The van der Waals surface area contributed by atoms with Crippen LogP contribution in [0.5, 0.6) is 0 Å². The molecule has 2 aromatic rings. The first-order valence-corrected chi connectivity index (χ1v) is 7.98. The first kappa shape index (κ1) is 16.0. The van der Waals surface area contributed by atoms with E-state index in [2.05, 4.69) is 15.2 Å². The molecule has 3 nitrogen and oxygen atoms in total. The second-order valence-electron chi connectivity index (χ2n) is 5.91. The van der Waals surface area contributed by atoms with Gasteiger partial charge in [-0.1, -0.05) is 12.1 Å². The molecule has 23 heavy (non-hydrogen) atoms. The molecule has 1 unspecified atom stereocenters. The third kappa shape index (κ3) is 3.74. The Hall–Kier alpha value is -1.85. The highest BCUT2D eigenvalue weighted by Crippen LogP contribution is 2.30. The number of nitrogens with zero attached hydrogens (tertiary/aromatic N) is 2. The molecule has 1 fully saturated rings. The van der Waals surface area contributed by atoms with E-state index < -0.39 is 11.6 Å². The van der Waals surface area contributed by atoms with E-state index in [4.69, 9.17) is 0 Å². The average Bonchev–Trinajstić information content (AvgIpc) is 2.79. The maximum atomic E-state index is 14.4. The molecular formula is C18H21F2N3. The summed E-state index contributed by atoms with van der Waals surface area (Å²) >= 11 is 0. The summed E-state index contributed by atoms with van der Waals surface area (Å²) in [4.78, 5) is 6.82. The highest BCUT2D eigenvalue weighted by Gasteiger charge is 2.27. The van der Waals surface area contributed by atoms with Crippen molar-refractivity contribution in [3.8, 4) is 0 Å². The zero-order valence-corrected chi connectivity index (χ0v) is 13.2. The zero-order valence-electron chi connectivity index (χ0n) is 13.2. The molecule has 1 aromatic heterocycles. The fourth-order valence-electron chi connectivity index (χ4n) is 3.11. The van der Waals surface area contributed by atoms with Gasteiger partial charge in [0.05, 0.1) is 11.7 Å². The van der Waals surface area contributed by atoms with Crippen molar-refractivity contribution in [3.63, 3.8) is 0 Å². The van der Waals surface area contributed by atoms with Crippen molar-refractivity contribution in [2.75, 3.05) is 26.2 Å². The summed E-state index contributed by atoms with van der Waals surface area (Å²) in [6.07, 6.45) is 0.991. The molecule has 2 heterocycles. The SMILES string of the molecule is Cc1cccc(C(c2ccc(F)cc2F)N2CCCNCC2)n1. The van der Waals surface area contributed by atoms with E-state index in [9.17, 15) is 8.78 Å². The quantitative estimate of drug-likeness (QED) is 0.943. The van der Waals surface area contributed by atoms with Gasteiger partial charge in [-0.3, -0.25) is 9.88 Å². The van der Waals surface area contributed by atoms with Crippen molar-refractivity contribution in [2.45, 2.75) is 19.4 Å². The molecule has 0 aliphatic carbocycles. The van der Waals surface area contributed by atoms with Gasteiger partial charge >= 0.3 is 0 Å². The number of rotatable bonds is 3. The Balaban J connectivity index is 2.05. The lowest BCUT2D eigenvalue weighted by Gasteiger charge is -2.31. The van der Waals surface area contributed by atoms with Gasteiger partial charge in [0.1, 0.15) is 11.6 Å². The van der Waals surface area contributed by atoms with Crippen LogP contribution in [0.3, 0.4) is 0 Å². The Morgan fingerprint density at radius 1 is 1.13 bits per heavy atom. The third-order valence-electron chi connectivity index (χ3n) is 4.19. The lowest BCUT2D eigenvalue weighted by molar-refractivity contribution is 0.232. The van der Waals surface area contributed by atoms with Gasteiger partial charge in [-0.25, -0.2) is 8.78 Å². The smallest absolute Gasteiger partial charge is 0.131 e. The minimum absolute atomic E-state index is 0.296. The van der Waals surface area contributed by atoms with Gasteiger partial charge in [-0.05, 0) is 38.1 Å². The molecule has 1 N–H and O–H groups in total. The summed E-state index contributed by atoms with van der Waals surface area (Å²) in [6.45, 7) is 5.38. The van der Waals surface area contributed by atoms with Crippen LogP contribution < -0.4 is 5.32 Å². The largest absolute Gasteiger partial charge is 0.315 e. The Labute approximate surface area is 135 Å². The summed E-state index contributed by atoms with van der Waals surface area (Å²) in [5.74, 6) is -1.07. The number of hydrogen-bond acceptors (Lipinski definition) is 3. The van der Waals surface area contributed by atoms with Gasteiger partial charge in [-0.15, -0.1) is 0 Å². The van der Waals surface area contributed by atoms with E-state index in [-0.39, 0.29) is 6.04 Å². The molecule has 1 atom stereocenters. The number of aromatic nitrogens is 1. The van der Waals surface area contributed by atoms with Crippen LogP contribution in [0.2, 0.25) is 0 Å². The maximum Gasteiger partial charge on any atom is 0.131 e. The lowest BCUT2D eigenvalue weighted by Crippen LogP contribution is -2.34. The second-order valence-corrected chi connectivity index (χ2v) is 5.91. The average molecular weight is 317 g/mol. The number of hydrogen-bond donors (Lipinski definition) is 1. The van der Waals surface area contributed by atoms with Crippen molar-refractivity contribution in [2.24, 2.45) is 0 Å². The van der Waals surface area contributed by atoms with Crippen molar-refractivity contribution in [3.05, 3.63) is 65.0 Å². The van der Waals surface area contributed by atoms with Crippen molar-refractivity contribution in [1.82, 2.24) is 15.2 Å². The Morgan fingerprint density at radius 3 is 2.78 bits per heavy atom. The van der Waals surface area contributed by atoms with Crippen LogP contribution in [-0.2, 0) is 0 Å². The molecule has 122 valence electrons. The number of pyridine rings is 1. The normalized spacial score (nSPS) is 17.7. The van der Waals surface area contributed by atoms with Crippen LogP contribution in [-0.4, -0.2) is 36.1 Å². The predicted octanol–water partition coefficient (Wildman–Crippen LogP) is 3.05. The third-order valence-corrected chi connectivity index (χ3v) is 4.19. The molecule has 1 aromatic carbocycles. The fraction of sp³-hybridized carbons (Fsp3) is 0.389. The summed E-state index contributed by atoms with van der Waals surface area (Å²) < 4.78 is 27.7. The highest BCUT2D eigenvalue weighted by molar-refractivity contribution is 5.30. The number of halogens is 2. The number of nitrogens with one attached hydrogen (secondary N) is 1. The fourth-order valence-corrected chi connectivity index (χ4v) is 3.11. The molecule has 0 radical (unpaired) electrons. The maximum absolute atomic E-state index is 14.4. The van der Waals surface area contributed by atoms with Crippen LogP contribution in [0, 0.1) is 18.6 Å². The van der Waals surface area contributed by atoms with Gasteiger partial charge in [0.25, 0.3) is 0 Å². The van der Waals surface area contributed by atoms with Crippen molar-refractivity contribution in [1.29, 1.82) is 0 Å². The first-order chi connectivity index (χ1) is 11.1. The van der Waals surface area contributed by atoms with E-state index in [1.165, 1.54) is 12.1 Å². The van der Waals surface area contributed by atoms with Crippen molar-refractivity contribution < 1.29 is 8.78 Å². The molecule has 1 aliphatic heterocycles. The van der Waals surface area contributed by atoms with E-state index in [0.29, 0.717) is 5.56 Å². The summed E-state index contributed by atoms with van der Waals surface area (Å²) in [5, 5.41) is 3.35. The van der Waals surface area contributed by atoms with Gasteiger partial charge in [-0.2, -0.15) is 0 Å². The lowest BCUT2D eigenvalue weighted by atomic mass is 9.99. The van der Waals surface area contributed by atoms with Gasteiger partial charge in [0.2, 0.25) is 0 Å². The van der Waals surface area contributed by atoms with E-state index in [1.54, 1.807) is 0 Å². The molecule has 1 saturated heterocycles. The minimum Gasteiger partial charge on any atom is -0.315 e. The summed E-state index contributed by atoms with van der Waals surface area (Å²) in [7, 11) is 0. The Kier molecular flexibility index (Phi) is 4.98. The minimum atomic E-state index is -0.556. The predicted molar refractivity (Wildman–Crippen MR) is 86.2 cm³/mol. The van der Waals surface area contributed by atoms with E-state index in [0.717, 1.165) is 50.1 Å². The van der Waals surface area contributed by atoms with Gasteiger partial charge in [0, 0.05) is 37.0 Å². The summed E-state index contributed by atoms with van der Waals surface area (Å²) in [6, 6.07) is 9.28. The first-order valence-electron chi connectivity index (χ1n) is 7.98. The topological polar surface area (TPSA) is 28.2 Å². The van der Waals surface area contributed by atoms with Gasteiger partial charge in [0.15, 0.2) is 0 Å². The molecular weight excluding hydrogens is 296 g/mol. The van der Waals surface area contributed by atoms with E-state index in [1.807, 2.05) is 25.1 Å². The second kappa shape index (κ2) is 7.15. The number of benzene rings is 1. The molecule has 0 saturated carbocycles. The highest BCUT2D eigenvalue weighted by atomic mass is 19.1. The Morgan fingerprint density at radius 2 is 2.00 bits per heavy atom. The van der Waals surface area contributed by atoms with Gasteiger partial charge < -0.3 is 5.32 Å². The zero-order chi connectivity index (χ0) is 16.2. The van der Waals surface area contributed by atoms with Crippen molar-refractivity contribution >= 4 is 0 Å². The molecule has 0 amide bonds. The number of aryl methyl sites for hydroxylation is 1. The molecule has 0 spiro atoms. The molecule has 0 bridgehead atoms. The summed E-state index contributed by atoms with van der Waals surface area (Å²) in [5.41, 5.74) is 2.17. The molecule has 3 rings (SSSR count). The van der Waals surface area contributed by atoms with Crippen LogP contribution in [0.1, 0.15) is 29.4 Å². The monoisotopic (exact) mass is 317 g/mol.